The first kappa shape index (κ1) is 9.47. The molecule has 0 aromatic heterocycles. The van der Waals surface area contributed by atoms with Crippen molar-refractivity contribution in [3.63, 3.8) is 0 Å². The van der Waals surface area contributed by atoms with Gasteiger partial charge in [0.25, 0.3) is 0 Å². The zero-order valence-corrected chi connectivity index (χ0v) is 6.70. The summed E-state index contributed by atoms with van der Waals surface area (Å²) in [6.07, 6.45) is 0. The predicted molar refractivity (Wildman–Crippen MR) is 45.4 cm³/mol. The van der Waals surface area contributed by atoms with Gasteiger partial charge in [-0.2, -0.15) is 0 Å². The summed E-state index contributed by atoms with van der Waals surface area (Å²) in [5.41, 5.74) is 10.5. The third-order valence-electron chi connectivity index (χ3n) is 1.66. The summed E-state index contributed by atoms with van der Waals surface area (Å²) < 4.78 is 13.0. The van der Waals surface area contributed by atoms with E-state index in [1.807, 2.05) is 0 Å². The molecule has 13 heavy (non-hydrogen) atoms. The number of rotatable bonds is 2. The third-order valence-corrected chi connectivity index (χ3v) is 1.66. The lowest BCUT2D eigenvalue weighted by molar-refractivity contribution is -0.138. The highest BCUT2D eigenvalue weighted by Gasteiger charge is 2.20. The number of aliphatic carboxylic acids is 1. The van der Waals surface area contributed by atoms with E-state index in [-0.39, 0.29) is 11.3 Å². The smallest absolute Gasteiger partial charge is 0.325 e. The SMILES string of the molecule is Nc1cccc(F)c1[C@H](N)C(=O)O. The number of nitrogens with two attached hydrogens (primary N) is 2. The number of nitrogen functional groups attached to an aromatic ring is 1. The maximum atomic E-state index is 13.0. The van der Waals surface area contributed by atoms with Crippen molar-refractivity contribution in [1.29, 1.82) is 0 Å². The Morgan fingerprint density at radius 3 is 2.62 bits per heavy atom. The fourth-order valence-corrected chi connectivity index (χ4v) is 1.01. The Morgan fingerprint density at radius 2 is 2.15 bits per heavy atom. The first-order valence-electron chi connectivity index (χ1n) is 3.56. The molecule has 0 aliphatic heterocycles. The lowest BCUT2D eigenvalue weighted by Gasteiger charge is -2.10. The molecule has 5 heteroatoms. The molecule has 1 aromatic rings. The summed E-state index contributed by atoms with van der Waals surface area (Å²) in [5.74, 6) is -2.01. The monoisotopic (exact) mass is 184 g/mol. The van der Waals surface area contributed by atoms with E-state index in [9.17, 15) is 9.18 Å². The van der Waals surface area contributed by atoms with Crippen LogP contribution in [-0.4, -0.2) is 11.1 Å². The Kier molecular flexibility index (Phi) is 2.48. The quantitative estimate of drug-likeness (QED) is 0.583. The molecule has 0 heterocycles. The molecule has 0 fully saturated rings. The first-order chi connectivity index (χ1) is 6.04. The van der Waals surface area contributed by atoms with Crippen molar-refractivity contribution >= 4 is 11.7 Å². The van der Waals surface area contributed by atoms with Crippen LogP contribution in [0.15, 0.2) is 18.2 Å². The second-order valence-corrected chi connectivity index (χ2v) is 2.56. The third kappa shape index (κ3) is 1.75. The summed E-state index contributed by atoms with van der Waals surface area (Å²) in [6, 6.07) is 2.50. The average molecular weight is 184 g/mol. The Balaban J connectivity index is 3.20. The van der Waals surface area contributed by atoms with Crippen molar-refractivity contribution in [2.45, 2.75) is 6.04 Å². The maximum absolute atomic E-state index is 13.0. The molecular formula is C8H9FN2O2. The molecule has 0 bridgehead atoms. The number of carboxylic acids is 1. The average Bonchev–Trinajstić information content (AvgIpc) is 2.03. The van der Waals surface area contributed by atoms with Gasteiger partial charge in [-0.05, 0) is 12.1 Å². The number of anilines is 1. The van der Waals surface area contributed by atoms with Crippen LogP contribution in [0.25, 0.3) is 0 Å². The van der Waals surface area contributed by atoms with Crippen LogP contribution in [0.5, 0.6) is 0 Å². The van der Waals surface area contributed by atoms with Gasteiger partial charge in [0, 0.05) is 11.3 Å². The molecule has 1 aromatic carbocycles. The van der Waals surface area contributed by atoms with E-state index in [0.717, 1.165) is 6.07 Å². The number of carbonyl (C=O) groups is 1. The molecule has 0 saturated carbocycles. The standard InChI is InChI=1S/C8H9FN2O2/c9-4-2-1-3-5(10)6(4)7(11)8(12)13/h1-3,7H,10-11H2,(H,12,13)/t7-/m0/s1. The molecule has 0 aliphatic rings. The van der Waals surface area contributed by atoms with E-state index in [4.69, 9.17) is 16.6 Å². The van der Waals surface area contributed by atoms with Crippen LogP contribution in [-0.2, 0) is 4.79 Å². The van der Waals surface area contributed by atoms with E-state index >= 15 is 0 Å². The van der Waals surface area contributed by atoms with Crippen molar-refractivity contribution in [2.24, 2.45) is 5.73 Å². The molecule has 0 aliphatic carbocycles. The van der Waals surface area contributed by atoms with Crippen molar-refractivity contribution in [3.8, 4) is 0 Å². The summed E-state index contributed by atoms with van der Waals surface area (Å²) in [4.78, 5) is 10.5. The highest BCUT2D eigenvalue weighted by Crippen LogP contribution is 2.21. The van der Waals surface area contributed by atoms with Gasteiger partial charge in [-0.1, -0.05) is 6.07 Å². The molecule has 70 valence electrons. The molecule has 4 nitrogen and oxygen atoms in total. The van der Waals surface area contributed by atoms with Crippen LogP contribution in [0.3, 0.4) is 0 Å². The molecule has 5 N–H and O–H groups in total. The van der Waals surface area contributed by atoms with Crippen molar-refractivity contribution in [2.75, 3.05) is 5.73 Å². The number of hydrogen-bond acceptors (Lipinski definition) is 3. The largest absolute Gasteiger partial charge is 0.480 e. The van der Waals surface area contributed by atoms with Crippen LogP contribution in [0.4, 0.5) is 10.1 Å². The van der Waals surface area contributed by atoms with E-state index in [1.165, 1.54) is 12.1 Å². The lowest BCUT2D eigenvalue weighted by atomic mass is 10.1. The zero-order chi connectivity index (χ0) is 10.0. The molecular weight excluding hydrogens is 175 g/mol. The van der Waals surface area contributed by atoms with Gasteiger partial charge in [-0.3, -0.25) is 4.79 Å². The minimum absolute atomic E-state index is 0.0508. The Hall–Kier alpha value is -1.62. The number of hydrogen-bond donors (Lipinski definition) is 3. The number of halogens is 1. The maximum Gasteiger partial charge on any atom is 0.325 e. The highest BCUT2D eigenvalue weighted by atomic mass is 19.1. The van der Waals surface area contributed by atoms with Gasteiger partial charge in [0.2, 0.25) is 0 Å². The topological polar surface area (TPSA) is 89.3 Å². The van der Waals surface area contributed by atoms with E-state index in [1.54, 1.807) is 0 Å². The molecule has 0 spiro atoms. The molecule has 0 unspecified atom stereocenters. The zero-order valence-electron chi connectivity index (χ0n) is 6.70. The Labute approximate surface area is 74.0 Å². The van der Waals surface area contributed by atoms with Crippen LogP contribution in [0.1, 0.15) is 11.6 Å². The molecule has 1 atom stereocenters. The fraction of sp³-hybridized carbons (Fsp3) is 0.125. The van der Waals surface area contributed by atoms with Gasteiger partial charge >= 0.3 is 5.97 Å². The normalized spacial score (nSPS) is 12.5. The molecule has 0 amide bonds. The summed E-state index contributed by atoms with van der Waals surface area (Å²) in [7, 11) is 0. The van der Waals surface area contributed by atoms with E-state index < -0.39 is 17.8 Å². The van der Waals surface area contributed by atoms with Gasteiger partial charge in [0.15, 0.2) is 0 Å². The molecule has 0 saturated heterocycles. The number of benzene rings is 1. The van der Waals surface area contributed by atoms with Crippen LogP contribution in [0, 0.1) is 5.82 Å². The van der Waals surface area contributed by atoms with E-state index in [0.29, 0.717) is 0 Å². The molecule has 0 radical (unpaired) electrons. The second-order valence-electron chi connectivity index (χ2n) is 2.56. The fourth-order valence-electron chi connectivity index (χ4n) is 1.01. The summed E-state index contributed by atoms with van der Waals surface area (Å²) in [5, 5.41) is 8.54. The lowest BCUT2D eigenvalue weighted by Crippen LogP contribution is -2.23. The Morgan fingerprint density at radius 1 is 1.54 bits per heavy atom. The van der Waals surface area contributed by atoms with Gasteiger partial charge in [0.05, 0.1) is 0 Å². The van der Waals surface area contributed by atoms with Gasteiger partial charge in [-0.15, -0.1) is 0 Å². The minimum atomic E-state index is -1.42. The van der Waals surface area contributed by atoms with Crippen LogP contribution in [0.2, 0.25) is 0 Å². The van der Waals surface area contributed by atoms with Crippen molar-refractivity contribution < 1.29 is 14.3 Å². The van der Waals surface area contributed by atoms with E-state index in [2.05, 4.69) is 0 Å². The number of carboxylic acid groups (broad SMARTS) is 1. The van der Waals surface area contributed by atoms with Crippen molar-refractivity contribution in [3.05, 3.63) is 29.6 Å². The first-order valence-corrected chi connectivity index (χ1v) is 3.56. The van der Waals surface area contributed by atoms with Crippen LogP contribution < -0.4 is 11.5 Å². The van der Waals surface area contributed by atoms with Gasteiger partial charge < -0.3 is 16.6 Å². The minimum Gasteiger partial charge on any atom is -0.480 e. The summed E-state index contributed by atoms with van der Waals surface area (Å²) >= 11 is 0. The van der Waals surface area contributed by atoms with Crippen molar-refractivity contribution in [1.82, 2.24) is 0 Å². The summed E-state index contributed by atoms with van der Waals surface area (Å²) in [6.45, 7) is 0. The Bertz CT molecular complexity index is 321. The predicted octanol–water partition coefficient (Wildman–Crippen LogP) is 0.492. The molecule has 1 rings (SSSR count). The van der Waals surface area contributed by atoms with Crippen LogP contribution >= 0.6 is 0 Å². The highest BCUT2D eigenvalue weighted by molar-refractivity contribution is 5.77. The van der Waals surface area contributed by atoms with Gasteiger partial charge in [-0.25, -0.2) is 4.39 Å². The second kappa shape index (κ2) is 3.40. The van der Waals surface area contributed by atoms with Gasteiger partial charge in [0.1, 0.15) is 11.9 Å².